The molecular weight excluding hydrogens is 583 g/mol. The quantitative estimate of drug-likeness (QED) is 0.193. The highest BCUT2D eigenvalue weighted by Crippen LogP contribution is 2.37. The van der Waals surface area contributed by atoms with Crippen molar-refractivity contribution in [2.75, 3.05) is 11.4 Å². The Hall–Kier alpha value is -6.19. The molecule has 1 aliphatic carbocycles. The molecule has 0 unspecified atom stereocenters. The molecular formula is C45H33N3. The molecule has 0 spiro atoms. The molecule has 1 aliphatic heterocycles. The van der Waals surface area contributed by atoms with Gasteiger partial charge in [-0.15, -0.1) is 0 Å². The zero-order chi connectivity index (χ0) is 32.0. The summed E-state index contributed by atoms with van der Waals surface area (Å²) < 4.78 is 2.39. The van der Waals surface area contributed by atoms with E-state index < -0.39 is 0 Å². The molecule has 9 rings (SSSR count). The van der Waals surface area contributed by atoms with Crippen molar-refractivity contribution in [1.29, 1.82) is 0 Å². The Morgan fingerprint density at radius 1 is 0.625 bits per heavy atom. The van der Waals surface area contributed by atoms with Gasteiger partial charge in [0.05, 0.1) is 28.1 Å². The molecule has 1 aromatic heterocycles. The van der Waals surface area contributed by atoms with Gasteiger partial charge in [0.2, 0.25) is 0 Å². The van der Waals surface area contributed by atoms with Crippen molar-refractivity contribution in [3.63, 3.8) is 0 Å². The number of hydrogen-bond acceptors (Lipinski definition) is 2. The largest absolute Gasteiger partial charge is 0.336 e. The van der Waals surface area contributed by atoms with Crippen LogP contribution in [0.3, 0.4) is 0 Å². The summed E-state index contributed by atoms with van der Waals surface area (Å²) in [5.41, 5.74) is 12.8. The second kappa shape index (κ2) is 11.6. The summed E-state index contributed by atoms with van der Waals surface area (Å²) in [6, 6.07) is 52.1. The summed E-state index contributed by atoms with van der Waals surface area (Å²) in [6.07, 6.45) is 8.79. The van der Waals surface area contributed by atoms with Crippen molar-refractivity contribution in [2.45, 2.75) is 6.92 Å². The van der Waals surface area contributed by atoms with Crippen LogP contribution in [0.1, 0.15) is 6.92 Å². The van der Waals surface area contributed by atoms with E-state index in [9.17, 15) is 0 Å². The standard InChI is InChI=1S/C45H33N3/c1-2-31-27-34(32-25-26-39-38-22-12-13-24-41(38)48(42(39)28-32)37-20-10-5-11-21-37)29-43-45(31)44-33(30-47(43)36-18-8-4-9-19-36)15-14-23-40(44)46-35-16-6-3-7-17-35/h2-29H,30H2,1H3/b31-2-,46-40?. The molecule has 228 valence electrons. The number of nitrogens with zero attached hydrogens (tertiary/aromatic N) is 3. The van der Waals surface area contributed by atoms with Gasteiger partial charge in [0.1, 0.15) is 0 Å². The lowest BCUT2D eigenvalue weighted by atomic mass is 9.87. The minimum absolute atomic E-state index is 0.762. The number of aromatic nitrogens is 1. The summed E-state index contributed by atoms with van der Waals surface area (Å²) in [5.74, 6) is 0. The van der Waals surface area contributed by atoms with Gasteiger partial charge in [0, 0.05) is 39.5 Å². The zero-order valence-corrected chi connectivity index (χ0v) is 26.7. The maximum atomic E-state index is 5.17. The van der Waals surface area contributed by atoms with Crippen LogP contribution in [-0.4, -0.2) is 16.8 Å². The lowest BCUT2D eigenvalue weighted by Crippen LogP contribution is -2.42. The van der Waals surface area contributed by atoms with Crippen molar-refractivity contribution >= 4 is 56.2 Å². The minimum Gasteiger partial charge on any atom is -0.336 e. The second-order valence-electron chi connectivity index (χ2n) is 12.3. The molecule has 0 atom stereocenters. The first-order valence-corrected chi connectivity index (χ1v) is 16.5. The first-order chi connectivity index (χ1) is 23.8. The molecule has 7 aromatic rings. The number of fused-ring (bicyclic) bond motifs is 5. The van der Waals surface area contributed by atoms with Gasteiger partial charge in [-0.3, -0.25) is 0 Å². The van der Waals surface area contributed by atoms with E-state index in [4.69, 9.17) is 4.99 Å². The molecule has 48 heavy (non-hydrogen) atoms. The van der Waals surface area contributed by atoms with Gasteiger partial charge in [-0.25, -0.2) is 4.99 Å². The smallest absolute Gasteiger partial charge is 0.0719 e. The van der Waals surface area contributed by atoms with E-state index in [2.05, 4.69) is 168 Å². The third-order valence-corrected chi connectivity index (χ3v) is 9.55. The fourth-order valence-corrected chi connectivity index (χ4v) is 7.37. The van der Waals surface area contributed by atoms with Crippen LogP contribution in [0.25, 0.3) is 50.3 Å². The second-order valence-corrected chi connectivity index (χ2v) is 12.3. The third kappa shape index (κ3) is 4.63. The Morgan fingerprint density at radius 2 is 1.31 bits per heavy atom. The maximum absolute atomic E-state index is 5.17. The van der Waals surface area contributed by atoms with Crippen molar-refractivity contribution in [1.82, 2.24) is 4.57 Å². The summed E-state index contributed by atoms with van der Waals surface area (Å²) in [6.45, 7) is 2.91. The van der Waals surface area contributed by atoms with Crippen molar-refractivity contribution in [3.8, 4) is 16.8 Å². The number of aliphatic imine (C=N–C) groups is 1. The van der Waals surface area contributed by atoms with E-state index in [0.29, 0.717) is 0 Å². The van der Waals surface area contributed by atoms with E-state index in [1.54, 1.807) is 0 Å². The Kier molecular flexibility index (Phi) is 6.76. The molecule has 3 nitrogen and oxygen atoms in total. The molecule has 0 bridgehead atoms. The molecule has 2 aliphatic rings. The van der Waals surface area contributed by atoms with E-state index >= 15 is 0 Å². The number of allylic oxidation sites excluding steroid dienone is 3. The number of benzene rings is 6. The third-order valence-electron chi connectivity index (χ3n) is 9.55. The fourth-order valence-electron chi connectivity index (χ4n) is 7.37. The van der Waals surface area contributed by atoms with E-state index in [-0.39, 0.29) is 0 Å². The molecule has 2 heterocycles. The highest BCUT2D eigenvalue weighted by atomic mass is 15.1. The Bertz CT molecular complexity index is 2570. The van der Waals surface area contributed by atoms with Gasteiger partial charge in [-0.2, -0.15) is 0 Å². The number of hydrogen-bond donors (Lipinski definition) is 0. The minimum atomic E-state index is 0.762. The van der Waals surface area contributed by atoms with Crippen LogP contribution in [0.4, 0.5) is 17.1 Å². The normalized spacial score (nSPS) is 15.2. The summed E-state index contributed by atoms with van der Waals surface area (Å²) in [7, 11) is 0. The molecule has 0 saturated heterocycles. The molecule has 0 N–H and O–H groups in total. The van der Waals surface area contributed by atoms with Gasteiger partial charge in [0.15, 0.2) is 0 Å². The van der Waals surface area contributed by atoms with Crippen LogP contribution in [0.2, 0.25) is 0 Å². The Balaban J connectivity index is 1.32. The van der Waals surface area contributed by atoms with Crippen LogP contribution in [0.5, 0.6) is 0 Å². The van der Waals surface area contributed by atoms with Gasteiger partial charge in [-0.1, -0.05) is 103 Å². The monoisotopic (exact) mass is 615 g/mol. The maximum Gasteiger partial charge on any atom is 0.0719 e. The van der Waals surface area contributed by atoms with Crippen LogP contribution < -0.4 is 15.3 Å². The number of anilines is 2. The van der Waals surface area contributed by atoms with Gasteiger partial charge < -0.3 is 9.47 Å². The first kappa shape index (κ1) is 28.1. The van der Waals surface area contributed by atoms with E-state index in [1.165, 1.54) is 65.9 Å². The van der Waals surface area contributed by atoms with Crippen LogP contribution >= 0.6 is 0 Å². The first-order valence-electron chi connectivity index (χ1n) is 16.5. The van der Waals surface area contributed by atoms with Crippen molar-refractivity contribution < 1.29 is 0 Å². The fraction of sp³-hybridized carbons (Fsp3) is 0.0444. The Morgan fingerprint density at radius 3 is 2.08 bits per heavy atom. The predicted octanol–water partition coefficient (Wildman–Crippen LogP) is 9.82. The van der Waals surface area contributed by atoms with Crippen molar-refractivity contribution in [3.05, 3.63) is 180 Å². The highest BCUT2D eigenvalue weighted by molar-refractivity contribution is 6.31. The molecule has 6 aromatic carbocycles. The van der Waals surface area contributed by atoms with Crippen molar-refractivity contribution in [2.24, 2.45) is 4.99 Å². The van der Waals surface area contributed by atoms with Crippen LogP contribution in [-0.2, 0) is 0 Å². The highest BCUT2D eigenvalue weighted by Gasteiger charge is 2.27. The van der Waals surface area contributed by atoms with Gasteiger partial charge >= 0.3 is 0 Å². The van der Waals surface area contributed by atoms with Gasteiger partial charge in [0.25, 0.3) is 0 Å². The average Bonchev–Trinajstić information content (AvgIpc) is 3.49. The summed E-state index contributed by atoms with van der Waals surface area (Å²) in [4.78, 5) is 7.62. The SMILES string of the molecule is C/C=c1/cc(-c2ccc3c4ccccc4n(-c4ccccc4)c3c2)cc2c1=C1C(=CC=CC1=Nc1ccccc1)CN2c1ccccc1. The lowest BCUT2D eigenvalue weighted by Gasteiger charge is -2.34. The lowest BCUT2D eigenvalue weighted by molar-refractivity contribution is 1.03. The average molecular weight is 616 g/mol. The van der Waals surface area contributed by atoms with Gasteiger partial charge in [-0.05, 0) is 95.6 Å². The molecule has 0 radical (unpaired) electrons. The summed E-state index contributed by atoms with van der Waals surface area (Å²) in [5, 5.41) is 4.94. The Labute approximate surface area is 280 Å². The summed E-state index contributed by atoms with van der Waals surface area (Å²) >= 11 is 0. The zero-order valence-electron chi connectivity index (χ0n) is 26.7. The predicted molar refractivity (Wildman–Crippen MR) is 203 cm³/mol. The number of para-hydroxylation sites is 4. The molecule has 3 heteroatoms. The molecule has 0 saturated carbocycles. The van der Waals surface area contributed by atoms with Crippen LogP contribution in [0.15, 0.2) is 174 Å². The van der Waals surface area contributed by atoms with E-state index in [0.717, 1.165) is 23.6 Å². The van der Waals surface area contributed by atoms with E-state index in [1.807, 2.05) is 18.2 Å². The molecule has 0 fully saturated rings. The number of rotatable bonds is 4. The molecule has 0 amide bonds. The topological polar surface area (TPSA) is 20.5 Å². The van der Waals surface area contributed by atoms with Crippen LogP contribution in [0, 0.1) is 0 Å².